The standard InChI is InChI=1S/C25H25NO4S/c1-30-21-14-12-19(13-15-21)17-31-23(25(28)29)22(16-18-8-4-2-5-9-18)26-24(27)20-10-6-3-7-11-20/h2-15,22-23H,16-17H2,1H3,(H,26,27)(H,28,29). The van der Waals surface area contributed by atoms with Crippen LogP contribution in [0.1, 0.15) is 21.5 Å². The van der Waals surface area contributed by atoms with Gasteiger partial charge in [0.2, 0.25) is 0 Å². The van der Waals surface area contributed by atoms with Crippen LogP contribution in [0.4, 0.5) is 0 Å². The molecule has 3 aromatic carbocycles. The van der Waals surface area contributed by atoms with Crippen molar-refractivity contribution in [3.05, 3.63) is 102 Å². The van der Waals surface area contributed by atoms with Crippen LogP contribution in [0.3, 0.4) is 0 Å². The Labute approximate surface area is 186 Å². The number of carboxylic acid groups (broad SMARTS) is 1. The van der Waals surface area contributed by atoms with Gasteiger partial charge in [-0.3, -0.25) is 9.59 Å². The Morgan fingerprint density at radius 3 is 2.10 bits per heavy atom. The van der Waals surface area contributed by atoms with Crippen LogP contribution in [0.5, 0.6) is 5.75 Å². The molecule has 0 fully saturated rings. The van der Waals surface area contributed by atoms with Crippen molar-refractivity contribution < 1.29 is 19.4 Å². The number of aliphatic carboxylic acids is 1. The van der Waals surface area contributed by atoms with Gasteiger partial charge in [0.25, 0.3) is 5.91 Å². The number of amides is 1. The largest absolute Gasteiger partial charge is 0.497 e. The molecule has 0 saturated carbocycles. The van der Waals surface area contributed by atoms with Gasteiger partial charge < -0.3 is 15.2 Å². The molecule has 2 atom stereocenters. The topological polar surface area (TPSA) is 75.6 Å². The van der Waals surface area contributed by atoms with Gasteiger partial charge >= 0.3 is 5.97 Å². The van der Waals surface area contributed by atoms with Gasteiger partial charge in [0.1, 0.15) is 11.0 Å². The second kappa shape index (κ2) is 11.2. The van der Waals surface area contributed by atoms with Crippen molar-refractivity contribution in [3.63, 3.8) is 0 Å². The molecule has 0 heterocycles. The van der Waals surface area contributed by atoms with E-state index in [1.807, 2.05) is 60.7 Å². The molecule has 0 aliphatic carbocycles. The van der Waals surface area contributed by atoms with E-state index in [0.717, 1.165) is 16.9 Å². The zero-order valence-corrected chi connectivity index (χ0v) is 18.0. The maximum absolute atomic E-state index is 12.8. The fourth-order valence-electron chi connectivity index (χ4n) is 3.21. The molecule has 2 N–H and O–H groups in total. The molecule has 2 unspecified atom stereocenters. The number of nitrogens with one attached hydrogen (secondary N) is 1. The maximum Gasteiger partial charge on any atom is 0.318 e. The van der Waals surface area contributed by atoms with E-state index < -0.39 is 17.3 Å². The van der Waals surface area contributed by atoms with Crippen LogP contribution >= 0.6 is 11.8 Å². The Morgan fingerprint density at radius 1 is 0.903 bits per heavy atom. The van der Waals surface area contributed by atoms with E-state index in [2.05, 4.69) is 5.32 Å². The van der Waals surface area contributed by atoms with Gasteiger partial charge in [-0.25, -0.2) is 0 Å². The number of carboxylic acids is 1. The summed E-state index contributed by atoms with van der Waals surface area (Å²) in [6.45, 7) is 0. The molecule has 0 aliphatic rings. The lowest BCUT2D eigenvalue weighted by atomic mass is 10.0. The lowest BCUT2D eigenvalue weighted by molar-refractivity contribution is -0.136. The smallest absolute Gasteiger partial charge is 0.318 e. The Bertz CT molecular complexity index is 977. The van der Waals surface area contributed by atoms with Gasteiger partial charge in [-0.1, -0.05) is 60.7 Å². The molecule has 31 heavy (non-hydrogen) atoms. The molecular formula is C25H25NO4S. The summed E-state index contributed by atoms with van der Waals surface area (Å²) in [6, 6.07) is 25.4. The first-order valence-electron chi connectivity index (χ1n) is 9.94. The zero-order chi connectivity index (χ0) is 22.1. The first kappa shape index (κ1) is 22.4. The number of methoxy groups -OCH3 is 1. The number of rotatable bonds is 10. The molecule has 160 valence electrons. The summed E-state index contributed by atoms with van der Waals surface area (Å²) in [6.07, 6.45) is 0.423. The van der Waals surface area contributed by atoms with E-state index in [0.29, 0.717) is 17.7 Å². The SMILES string of the molecule is COc1ccc(CSC(C(=O)O)C(Cc2ccccc2)NC(=O)c2ccccc2)cc1. The Morgan fingerprint density at radius 2 is 1.52 bits per heavy atom. The van der Waals surface area contributed by atoms with Gasteiger partial charge in [0.15, 0.2) is 0 Å². The summed E-state index contributed by atoms with van der Waals surface area (Å²) in [5.41, 5.74) is 2.46. The highest BCUT2D eigenvalue weighted by atomic mass is 32.2. The van der Waals surface area contributed by atoms with Gasteiger partial charge in [-0.15, -0.1) is 11.8 Å². The molecular weight excluding hydrogens is 410 g/mol. The minimum atomic E-state index is -0.951. The summed E-state index contributed by atoms with van der Waals surface area (Å²) in [5.74, 6) is 0.0271. The predicted octanol–water partition coefficient (Wildman–Crippen LogP) is 4.42. The van der Waals surface area contributed by atoms with E-state index in [9.17, 15) is 14.7 Å². The molecule has 0 aromatic heterocycles. The normalized spacial score (nSPS) is 12.5. The van der Waals surface area contributed by atoms with Crippen LogP contribution in [0.2, 0.25) is 0 Å². The van der Waals surface area contributed by atoms with Crippen LogP contribution in [0.15, 0.2) is 84.9 Å². The molecule has 5 nitrogen and oxygen atoms in total. The Kier molecular flexibility index (Phi) is 8.12. The number of carbonyl (C=O) groups excluding carboxylic acids is 1. The molecule has 0 radical (unpaired) electrons. The first-order chi connectivity index (χ1) is 15.1. The minimum Gasteiger partial charge on any atom is -0.497 e. The van der Waals surface area contributed by atoms with Gasteiger partial charge in [-0.2, -0.15) is 0 Å². The van der Waals surface area contributed by atoms with Crippen LogP contribution in [-0.4, -0.2) is 35.4 Å². The highest BCUT2D eigenvalue weighted by Gasteiger charge is 2.30. The second-order valence-electron chi connectivity index (χ2n) is 7.05. The Balaban J connectivity index is 1.78. The third-order valence-corrected chi connectivity index (χ3v) is 6.24. The van der Waals surface area contributed by atoms with Crippen LogP contribution in [0, 0.1) is 0 Å². The fourth-order valence-corrected chi connectivity index (χ4v) is 4.31. The summed E-state index contributed by atoms with van der Waals surface area (Å²) < 4.78 is 5.17. The average Bonchev–Trinajstić information content (AvgIpc) is 2.80. The predicted molar refractivity (Wildman–Crippen MR) is 124 cm³/mol. The highest BCUT2D eigenvalue weighted by Crippen LogP contribution is 2.24. The van der Waals surface area contributed by atoms with Gasteiger partial charge in [0.05, 0.1) is 13.2 Å². The maximum atomic E-state index is 12.8. The van der Waals surface area contributed by atoms with E-state index >= 15 is 0 Å². The van der Waals surface area contributed by atoms with E-state index in [4.69, 9.17) is 4.74 Å². The minimum absolute atomic E-state index is 0.280. The summed E-state index contributed by atoms with van der Waals surface area (Å²) in [7, 11) is 1.60. The van der Waals surface area contributed by atoms with Crippen molar-refractivity contribution in [3.8, 4) is 5.75 Å². The number of carbonyl (C=O) groups is 2. The lowest BCUT2D eigenvalue weighted by Gasteiger charge is -2.25. The second-order valence-corrected chi connectivity index (χ2v) is 8.18. The van der Waals surface area contributed by atoms with Crippen LogP contribution < -0.4 is 10.1 Å². The number of hydrogen-bond acceptors (Lipinski definition) is 4. The number of benzene rings is 3. The first-order valence-corrected chi connectivity index (χ1v) is 11.0. The molecule has 0 saturated heterocycles. The monoisotopic (exact) mass is 435 g/mol. The third kappa shape index (κ3) is 6.62. The van der Waals surface area contributed by atoms with Crippen LogP contribution in [0.25, 0.3) is 0 Å². The molecule has 0 spiro atoms. The Hall–Kier alpha value is -3.25. The molecule has 3 rings (SSSR count). The molecule has 6 heteroatoms. The third-order valence-electron chi connectivity index (χ3n) is 4.85. The van der Waals surface area contributed by atoms with E-state index in [1.165, 1.54) is 11.8 Å². The van der Waals surface area contributed by atoms with E-state index in [1.54, 1.807) is 31.4 Å². The number of thioether (sulfide) groups is 1. The van der Waals surface area contributed by atoms with Crippen LogP contribution in [-0.2, 0) is 17.0 Å². The summed E-state index contributed by atoms with van der Waals surface area (Å²) in [4.78, 5) is 25.0. The van der Waals surface area contributed by atoms with Crippen molar-refractivity contribution in [2.45, 2.75) is 23.5 Å². The van der Waals surface area contributed by atoms with Crippen molar-refractivity contribution in [1.29, 1.82) is 0 Å². The molecule has 0 bridgehead atoms. The molecule has 0 aliphatic heterocycles. The number of ether oxygens (including phenoxy) is 1. The lowest BCUT2D eigenvalue weighted by Crippen LogP contribution is -2.47. The van der Waals surface area contributed by atoms with Crippen molar-refractivity contribution in [2.24, 2.45) is 0 Å². The summed E-state index contributed by atoms with van der Waals surface area (Å²) in [5, 5.41) is 12.1. The van der Waals surface area contributed by atoms with Crippen molar-refractivity contribution in [1.82, 2.24) is 5.32 Å². The van der Waals surface area contributed by atoms with E-state index in [-0.39, 0.29) is 5.91 Å². The van der Waals surface area contributed by atoms with Gasteiger partial charge in [-0.05, 0) is 41.8 Å². The quantitative estimate of drug-likeness (QED) is 0.493. The average molecular weight is 436 g/mol. The molecule has 3 aromatic rings. The number of hydrogen-bond donors (Lipinski definition) is 2. The fraction of sp³-hybridized carbons (Fsp3) is 0.200. The summed E-state index contributed by atoms with van der Waals surface area (Å²) >= 11 is 1.31. The molecule has 1 amide bonds. The van der Waals surface area contributed by atoms with Crippen molar-refractivity contribution in [2.75, 3.05) is 7.11 Å². The van der Waals surface area contributed by atoms with Crippen molar-refractivity contribution >= 4 is 23.6 Å². The van der Waals surface area contributed by atoms with Gasteiger partial charge in [0, 0.05) is 11.3 Å². The zero-order valence-electron chi connectivity index (χ0n) is 17.2. The highest BCUT2D eigenvalue weighted by molar-refractivity contribution is 7.99.